The van der Waals surface area contributed by atoms with Crippen LogP contribution < -0.4 is 0 Å². The molecule has 2 atom stereocenters. The van der Waals surface area contributed by atoms with Crippen molar-refractivity contribution in [3.8, 4) is 23.7 Å². The van der Waals surface area contributed by atoms with Gasteiger partial charge in [0.2, 0.25) is 0 Å². The fourth-order valence-electron chi connectivity index (χ4n) is 1.17. The first kappa shape index (κ1) is 15.7. The Bertz CT molecular complexity index is 325. The molecule has 17 heavy (non-hydrogen) atoms. The fourth-order valence-corrected chi connectivity index (χ4v) is 1.17. The zero-order valence-electron chi connectivity index (χ0n) is 10.2. The Morgan fingerprint density at radius 3 is 2.47 bits per heavy atom. The molecular formula is C14H20O3. The topological polar surface area (TPSA) is 60.7 Å². The lowest BCUT2D eigenvalue weighted by atomic mass is 10.0. The van der Waals surface area contributed by atoms with Gasteiger partial charge in [-0.1, -0.05) is 17.9 Å². The molecule has 0 aromatic heterocycles. The summed E-state index contributed by atoms with van der Waals surface area (Å²) >= 11 is 0. The first-order chi connectivity index (χ1) is 8.22. The van der Waals surface area contributed by atoms with E-state index in [1.54, 1.807) is 6.08 Å². The summed E-state index contributed by atoms with van der Waals surface area (Å²) < 4.78 is 0. The average molecular weight is 236 g/mol. The van der Waals surface area contributed by atoms with Crippen molar-refractivity contribution in [2.45, 2.75) is 44.8 Å². The van der Waals surface area contributed by atoms with Crippen molar-refractivity contribution in [3.63, 3.8) is 0 Å². The van der Waals surface area contributed by atoms with Gasteiger partial charge in [0.05, 0.1) is 12.2 Å². The average Bonchev–Trinajstić information content (AvgIpc) is 2.34. The summed E-state index contributed by atoms with van der Waals surface area (Å²) in [7, 11) is 0. The van der Waals surface area contributed by atoms with Gasteiger partial charge in [0.25, 0.3) is 0 Å². The molecule has 0 spiro atoms. The van der Waals surface area contributed by atoms with Gasteiger partial charge >= 0.3 is 0 Å². The smallest absolute Gasteiger partial charge is 0.0808 e. The van der Waals surface area contributed by atoms with Gasteiger partial charge in [0.1, 0.15) is 0 Å². The highest BCUT2D eigenvalue weighted by molar-refractivity contribution is 5.30. The van der Waals surface area contributed by atoms with E-state index in [2.05, 4.69) is 23.7 Å². The molecule has 0 amide bonds. The minimum absolute atomic E-state index is 0.0319. The van der Waals surface area contributed by atoms with Crippen molar-refractivity contribution >= 4 is 0 Å². The Hall–Kier alpha value is -1.26. The molecule has 0 saturated heterocycles. The standard InChI is InChI=1S/C14H20O3/c1-2-3-4-5-6-7-8-10-13(16)14(17)11-9-12-15/h2-3,13-17H,8-12H2,1H3. The summed E-state index contributed by atoms with van der Waals surface area (Å²) in [6, 6.07) is 0. The molecule has 0 fully saturated rings. The van der Waals surface area contributed by atoms with Crippen molar-refractivity contribution in [1.82, 2.24) is 0 Å². The number of aliphatic hydroxyl groups is 3. The summed E-state index contributed by atoms with van der Waals surface area (Å²) in [6.45, 7) is 1.91. The Kier molecular flexibility index (Phi) is 10.4. The lowest BCUT2D eigenvalue weighted by Gasteiger charge is -2.15. The highest BCUT2D eigenvalue weighted by Crippen LogP contribution is 2.07. The van der Waals surface area contributed by atoms with Crippen LogP contribution in [-0.4, -0.2) is 34.1 Å². The predicted molar refractivity (Wildman–Crippen MR) is 67.9 cm³/mol. The van der Waals surface area contributed by atoms with Crippen molar-refractivity contribution < 1.29 is 15.3 Å². The molecule has 0 bridgehead atoms. The summed E-state index contributed by atoms with van der Waals surface area (Å²) in [5, 5.41) is 27.6. The molecule has 0 aromatic carbocycles. The second kappa shape index (κ2) is 11.2. The molecule has 0 radical (unpaired) electrons. The molecular weight excluding hydrogens is 216 g/mol. The van der Waals surface area contributed by atoms with Gasteiger partial charge in [0, 0.05) is 13.0 Å². The van der Waals surface area contributed by atoms with Crippen LogP contribution in [0.4, 0.5) is 0 Å². The molecule has 0 aromatic rings. The maximum absolute atomic E-state index is 9.54. The first-order valence-corrected chi connectivity index (χ1v) is 5.79. The molecule has 0 heterocycles. The third-order valence-corrected chi connectivity index (χ3v) is 2.14. The van der Waals surface area contributed by atoms with E-state index in [4.69, 9.17) is 5.11 Å². The monoisotopic (exact) mass is 236 g/mol. The number of hydrogen-bond acceptors (Lipinski definition) is 3. The Morgan fingerprint density at radius 1 is 1.12 bits per heavy atom. The lowest BCUT2D eigenvalue weighted by molar-refractivity contribution is 0.00746. The van der Waals surface area contributed by atoms with E-state index in [1.807, 2.05) is 13.0 Å². The summed E-state index contributed by atoms with van der Waals surface area (Å²) in [5.41, 5.74) is 0. The summed E-state index contributed by atoms with van der Waals surface area (Å²) in [4.78, 5) is 0. The largest absolute Gasteiger partial charge is 0.396 e. The van der Waals surface area contributed by atoms with Crippen LogP contribution in [0.5, 0.6) is 0 Å². The Labute approximate surface area is 103 Å². The minimum Gasteiger partial charge on any atom is -0.396 e. The van der Waals surface area contributed by atoms with Crippen LogP contribution in [-0.2, 0) is 0 Å². The van der Waals surface area contributed by atoms with E-state index in [1.165, 1.54) is 0 Å². The van der Waals surface area contributed by atoms with Crippen LogP contribution >= 0.6 is 0 Å². The fraction of sp³-hybridized carbons (Fsp3) is 0.571. The summed E-state index contributed by atoms with van der Waals surface area (Å²) in [6.07, 6.45) is 3.81. The van der Waals surface area contributed by atoms with Gasteiger partial charge in [0.15, 0.2) is 0 Å². The molecule has 0 rings (SSSR count). The Morgan fingerprint density at radius 2 is 1.82 bits per heavy atom. The van der Waals surface area contributed by atoms with Crippen LogP contribution in [0.25, 0.3) is 0 Å². The Balaban J connectivity index is 3.77. The molecule has 0 aliphatic heterocycles. The summed E-state index contributed by atoms with van der Waals surface area (Å²) in [5.74, 6) is 10.8. The zero-order chi connectivity index (χ0) is 12.9. The molecule has 3 N–H and O–H groups in total. The van der Waals surface area contributed by atoms with Crippen molar-refractivity contribution in [1.29, 1.82) is 0 Å². The lowest BCUT2D eigenvalue weighted by Crippen LogP contribution is -2.25. The number of aliphatic hydroxyl groups excluding tert-OH is 3. The predicted octanol–water partition coefficient (Wildman–Crippen LogP) is 0.844. The van der Waals surface area contributed by atoms with Gasteiger partial charge in [-0.3, -0.25) is 0 Å². The van der Waals surface area contributed by atoms with Crippen LogP contribution in [0.3, 0.4) is 0 Å². The quantitative estimate of drug-likeness (QED) is 0.599. The SMILES string of the molecule is CC=CC#CC#CCCC(O)C(O)CCCO. The van der Waals surface area contributed by atoms with E-state index in [-0.39, 0.29) is 6.61 Å². The molecule has 3 heteroatoms. The van der Waals surface area contributed by atoms with Gasteiger partial charge in [-0.2, -0.15) is 0 Å². The van der Waals surface area contributed by atoms with E-state index in [9.17, 15) is 10.2 Å². The minimum atomic E-state index is -0.780. The molecule has 0 aliphatic rings. The third-order valence-electron chi connectivity index (χ3n) is 2.14. The van der Waals surface area contributed by atoms with E-state index < -0.39 is 12.2 Å². The zero-order valence-corrected chi connectivity index (χ0v) is 10.2. The van der Waals surface area contributed by atoms with Gasteiger partial charge in [-0.25, -0.2) is 0 Å². The number of rotatable bonds is 6. The molecule has 2 unspecified atom stereocenters. The second-order valence-electron chi connectivity index (χ2n) is 3.61. The first-order valence-electron chi connectivity index (χ1n) is 5.79. The van der Waals surface area contributed by atoms with Gasteiger partial charge in [-0.05, 0) is 44.1 Å². The number of allylic oxidation sites excluding steroid dienone is 2. The van der Waals surface area contributed by atoms with Crippen molar-refractivity contribution in [2.75, 3.05) is 6.61 Å². The number of hydrogen-bond donors (Lipinski definition) is 3. The van der Waals surface area contributed by atoms with Crippen LogP contribution in [0.1, 0.15) is 32.6 Å². The molecule has 94 valence electrons. The highest BCUT2D eigenvalue weighted by atomic mass is 16.3. The van der Waals surface area contributed by atoms with E-state index in [0.29, 0.717) is 25.7 Å². The maximum Gasteiger partial charge on any atom is 0.0808 e. The molecule has 0 saturated carbocycles. The second-order valence-corrected chi connectivity index (χ2v) is 3.61. The van der Waals surface area contributed by atoms with Crippen molar-refractivity contribution in [3.05, 3.63) is 12.2 Å². The van der Waals surface area contributed by atoms with Crippen molar-refractivity contribution in [2.24, 2.45) is 0 Å². The molecule has 0 aliphatic carbocycles. The maximum atomic E-state index is 9.54. The van der Waals surface area contributed by atoms with Crippen LogP contribution in [0.15, 0.2) is 12.2 Å². The van der Waals surface area contributed by atoms with E-state index >= 15 is 0 Å². The van der Waals surface area contributed by atoms with Gasteiger partial charge < -0.3 is 15.3 Å². The van der Waals surface area contributed by atoms with Crippen LogP contribution in [0.2, 0.25) is 0 Å². The highest BCUT2D eigenvalue weighted by Gasteiger charge is 2.14. The van der Waals surface area contributed by atoms with Gasteiger partial charge in [-0.15, -0.1) is 0 Å². The molecule has 3 nitrogen and oxygen atoms in total. The normalized spacial score (nSPS) is 13.4. The van der Waals surface area contributed by atoms with Crippen LogP contribution in [0, 0.1) is 23.7 Å². The third kappa shape index (κ3) is 9.66. The van der Waals surface area contributed by atoms with E-state index in [0.717, 1.165) is 0 Å².